The van der Waals surface area contributed by atoms with Crippen molar-refractivity contribution in [2.75, 3.05) is 7.05 Å². The summed E-state index contributed by atoms with van der Waals surface area (Å²) in [6.45, 7) is 0. The number of carbonyl (C=O) groups is 1. The van der Waals surface area contributed by atoms with E-state index in [9.17, 15) is 4.79 Å². The van der Waals surface area contributed by atoms with Crippen LogP contribution in [0, 0.1) is 0 Å². The molecule has 5 nitrogen and oxygen atoms in total. The molecule has 2 N–H and O–H groups in total. The predicted molar refractivity (Wildman–Crippen MR) is 99.7 cm³/mol. The summed E-state index contributed by atoms with van der Waals surface area (Å²) in [5.74, 6) is 0.703. The molecule has 0 radical (unpaired) electrons. The van der Waals surface area contributed by atoms with Gasteiger partial charge in [0.2, 0.25) is 0 Å². The number of aliphatic imine (C=N–C) groups is 1. The van der Waals surface area contributed by atoms with Crippen LogP contribution in [0.4, 0.5) is 0 Å². The molecule has 2 aliphatic heterocycles. The minimum atomic E-state index is -1.07. The summed E-state index contributed by atoms with van der Waals surface area (Å²) in [6.07, 6.45) is 0.0556. The van der Waals surface area contributed by atoms with E-state index in [4.69, 9.17) is 22.1 Å². The van der Waals surface area contributed by atoms with Gasteiger partial charge >= 0.3 is 0 Å². The van der Waals surface area contributed by atoms with Crippen molar-refractivity contribution in [2.24, 2.45) is 10.7 Å². The van der Waals surface area contributed by atoms with Gasteiger partial charge in [0.05, 0.1) is 0 Å². The molecule has 0 saturated heterocycles. The third-order valence-corrected chi connectivity index (χ3v) is 5.43. The van der Waals surface area contributed by atoms with Crippen molar-refractivity contribution in [3.63, 3.8) is 0 Å². The molecule has 2 heterocycles. The smallest absolute Gasteiger partial charge is 0.261 e. The number of guanidine groups is 1. The summed E-state index contributed by atoms with van der Waals surface area (Å²) >= 11 is 9.45. The highest BCUT2D eigenvalue weighted by atomic mass is 79.9. The van der Waals surface area contributed by atoms with Crippen LogP contribution in [0.15, 0.2) is 51.9 Å². The Morgan fingerprint density at radius 1 is 1.32 bits per heavy atom. The van der Waals surface area contributed by atoms with Gasteiger partial charge in [0.15, 0.2) is 11.5 Å². The van der Waals surface area contributed by atoms with E-state index in [0.717, 1.165) is 15.6 Å². The van der Waals surface area contributed by atoms with E-state index in [1.54, 1.807) is 7.05 Å². The lowest BCUT2D eigenvalue weighted by Gasteiger charge is -2.36. The summed E-state index contributed by atoms with van der Waals surface area (Å²) in [4.78, 5) is 19.0. The van der Waals surface area contributed by atoms with Crippen molar-refractivity contribution >= 4 is 39.4 Å². The fourth-order valence-electron chi connectivity index (χ4n) is 3.37. The molecule has 1 amide bonds. The molecule has 4 rings (SSSR count). The van der Waals surface area contributed by atoms with Crippen LogP contribution < -0.4 is 10.5 Å². The summed E-state index contributed by atoms with van der Waals surface area (Å²) in [6, 6.07) is 13.0. The first-order valence-electron chi connectivity index (χ1n) is 7.76. The van der Waals surface area contributed by atoms with E-state index in [1.165, 1.54) is 4.90 Å². The number of nitrogens with two attached hydrogens (primary N) is 1. The molecule has 0 bridgehead atoms. The van der Waals surface area contributed by atoms with Crippen molar-refractivity contribution in [1.29, 1.82) is 0 Å². The zero-order valence-corrected chi connectivity index (χ0v) is 15.7. The Balaban J connectivity index is 1.87. The van der Waals surface area contributed by atoms with Gasteiger partial charge in [-0.15, -0.1) is 0 Å². The molecular formula is C18H15BrClN3O2. The second-order valence-electron chi connectivity index (χ2n) is 6.20. The molecule has 2 aromatic carbocycles. The quantitative estimate of drug-likeness (QED) is 0.766. The van der Waals surface area contributed by atoms with Crippen molar-refractivity contribution in [2.45, 2.75) is 18.1 Å². The topological polar surface area (TPSA) is 67.9 Å². The van der Waals surface area contributed by atoms with Crippen LogP contribution in [0.5, 0.6) is 5.75 Å². The Hall–Kier alpha value is -2.05. The number of carbonyl (C=O) groups excluding carboxylic acids is 1. The number of likely N-dealkylation sites (N-methyl/N-ethyl adjacent to an activating group) is 1. The number of rotatable bonds is 1. The third kappa shape index (κ3) is 2.51. The van der Waals surface area contributed by atoms with Crippen LogP contribution in [0.25, 0.3) is 0 Å². The van der Waals surface area contributed by atoms with Gasteiger partial charge in [0, 0.05) is 28.5 Å². The Bertz CT molecular complexity index is 900. The van der Waals surface area contributed by atoms with Crippen LogP contribution in [-0.2, 0) is 10.3 Å². The number of ether oxygens (including phenoxy) is 1. The van der Waals surface area contributed by atoms with E-state index >= 15 is 0 Å². The second-order valence-corrected chi connectivity index (χ2v) is 7.55. The van der Waals surface area contributed by atoms with E-state index < -0.39 is 5.54 Å². The van der Waals surface area contributed by atoms with Crippen LogP contribution in [0.2, 0.25) is 5.02 Å². The molecule has 2 atom stereocenters. The zero-order chi connectivity index (χ0) is 17.8. The molecule has 0 fully saturated rings. The van der Waals surface area contributed by atoms with Gasteiger partial charge in [-0.1, -0.05) is 39.7 Å². The fourth-order valence-corrected chi connectivity index (χ4v) is 3.86. The number of nitrogens with zero attached hydrogens (tertiary/aromatic N) is 2. The molecule has 25 heavy (non-hydrogen) atoms. The van der Waals surface area contributed by atoms with Gasteiger partial charge in [-0.05, 0) is 35.9 Å². The van der Waals surface area contributed by atoms with Gasteiger partial charge in [-0.25, -0.2) is 4.99 Å². The lowest BCUT2D eigenvalue weighted by atomic mass is 9.80. The molecule has 0 aromatic heterocycles. The second kappa shape index (κ2) is 5.75. The maximum Gasteiger partial charge on any atom is 0.261 e. The Labute approximate surface area is 158 Å². The molecule has 2 aromatic rings. The lowest BCUT2D eigenvalue weighted by Crippen LogP contribution is -2.43. The number of benzene rings is 2. The molecule has 7 heteroatoms. The van der Waals surface area contributed by atoms with Crippen molar-refractivity contribution in [3.05, 3.63) is 63.1 Å². The minimum absolute atomic E-state index is 0.147. The molecule has 1 spiro atoms. The van der Waals surface area contributed by atoms with Crippen molar-refractivity contribution in [1.82, 2.24) is 4.90 Å². The number of halogens is 2. The highest BCUT2D eigenvalue weighted by molar-refractivity contribution is 9.10. The summed E-state index contributed by atoms with van der Waals surface area (Å²) in [5.41, 5.74) is 6.55. The largest absolute Gasteiger partial charge is 0.485 e. The molecule has 2 unspecified atom stereocenters. The van der Waals surface area contributed by atoms with Crippen molar-refractivity contribution in [3.8, 4) is 5.75 Å². The Morgan fingerprint density at radius 2 is 2.04 bits per heavy atom. The summed E-state index contributed by atoms with van der Waals surface area (Å²) in [5, 5.41) is 0.651. The lowest BCUT2D eigenvalue weighted by molar-refractivity contribution is -0.132. The van der Waals surface area contributed by atoms with Crippen LogP contribution in [-0.4, -0.2) is 23.8 Å². The van der Waals surface area contributed by atoms with E-state index in [-0.39, 0.29) is 18.0 Å². The van der Waals surface area contributed by atoms with Crippen LogP contribution in [0.1, 0.15) is 23.7 Å². The maximum atomic E-state index is 13.0. The summed E-state index contributed by atoms with van der Waals surface area (Å²) in [7, 11) is 1.64. The number of hydrogen-bond donors (Lipinski definition) is 1. The Kier molecular flexibility index (Phi) is 3.77. The van der Waals surface area contributed by atoms with E-state index in [2.05, 4.69) is 20.9 Å². The molecule has 128 valence electrons. The van der Waals surface area contributed by atoms with Gasteiger partial charge in [-0.2, -0.15) is 0 Å². The maximum absolute atomic E-state index is 13.0. The van der Waals surface area contributed by atoms with Gasteiger partial charge in [0.1, 0.15) is 11.9 Å². The average Bonchev–Trinajstić information content (AvgIpc) is 2.81. The SMILES string of the molecule is CN1C(=O)C2(CC(c3ccc(Cl)cc3)Oc3ccc(Br)cc32)N=C1N. The molecule has 0 saturated carbocycles. The molecule has 0 aliphatic carbocycles. The van der Waals surface area contributed by atoms with Crippen LogP contribution in [0.3, 0.4) is 0 Å². The predicted octanol–water partition coefficient (Wildman–Crippen LogP) is 3.61. The first-order valence-corrected chi connectivity index (χ1v) is 8.93. The number of hydrogen-bond acceptors (Lipinski definition) is 4. The summed E-state index contributed by atoms with van der Waals surface area (Å²) < 4.78 is 7.03. The van der Waals surface area contributed by atoms with Gasteiger partial charge in [0.25, 0.3) is 5.91 Å². The van der Waals surface area contributed by atoms with E-state index in [0.29, 0.717) is 17.2 Å². The molecule has 2 aliphatic rings. The Morgan fingerprint density at radius 3 is 2.68 bits per heavy atom. The van der Waals surface area contributed by atoms with Gasteiger partial charge < -0.3 is 10.5 Å². The first kappa shape index (κ1) is 16.4. The number of amides is 1. The monoisotopic (exact) mass is 419 g/mol. The third-order valence-electron chi connectivity index (χ3n) is 4.69. The van der Waals surface area contributed by atoms with Gasteiger partial charge in [-0.3, -0.25) is 9.69 Å². The van der Waals surface area contributed by atoms with Crippen molar-refractivity contribution < 1.29 is 9.53 Å². The average molecular weight is 421 g/mol. The standard InChI is InChI=1S/C18H15BrClN3O2/c1-23-16(24)18(22-17(23)21)9-15(10-2-5-12(20)6-3-10)25-14-7-4-11(19)8-13(14)18/h2-8,15H,9H2,1H3,(H2,21,22). The highest BCUT2D eigenvalue weighted by Crippen LogP contribution is 2.50. The van der Waals surface area contributed by atoms with Crippen LogP contribution >= 0.6 is 27.5 Å². The minimum Gasteiger partial charge on any atom is -0.485 e. The normalized spacial score (nSPS) is 24.9. The van der Waals surface area contributed by atoms with E-state index in [1.807, 2.05) is 42.5 Å². The first-order chi connectivity index (χ1) is 11.9. The number of fused-ring (bicyclic) bond motifs is 2. The molecular weight excluding hydrogens is 406 g/mol. The highest BCUT2D eigenvalue weighted by Gasteiger charge is 2.53. The zero-order valence-electron chi connectivity index (χ0n) is 13.4. The fraction of sp³-hybridized carbons (Fsp3) is 0.222.